The van der Waals surface area contributed by atoms with Crippen molar-refractivity contribution >= 4 is 75.9 Å². The van der Waals surface area contributed by atoms with Crippen LogP contribution in [0.2, 0.25) is 0 Å². The highest BCUT2D eigenvalue weighted by molar-refractivity contribution is 8.07. The lowest BCUT2D eigenvalue weighted by Crippen LogP contribution is -2.71. The van der Waals surface area contributed by atoms with Gasteiger partial charge >= 0.3 is 5.97 Å². The van der Waals surface area contributed by atoms with Gasteiger partial charge in [0.05, 0.1) is 17.0 Å². The highest BCUT2D eigenvalue weighted by Crippen LogP contribution is 2.47. The third kappa shape index (κ3) is 5.70. The zero-order valence-electron chi connectivity index (χ0n) is 19.8. The summed E-state index contributed by atoms with van der Waals surface area (Å²) in [5.41, 5.74) is 11.4. The molecule has 0 saturated carbocycles. The van der Waals surface area contributed by atoms with E-state index >= 15 is 0 Å². The van der Waals surface area contributed by atoms with Crippen molar-refractivity contribution in [1.82, 2.24) is 20.2 Å². The fourth-order valence-corrected chi connectivity index (χ4v) is 8.20. The number of pyridine rings is 1. The summed E-state index contributed by atoms with van der Waals surface area (Å²) in [6.45, 7) is 0.525. The van der Waals surface area contributed by atoms with Crippen LogP contribution in [0.25, 0.3) is 0 Å². The molecule has 17 heteroatoms. The molecule has 4 rings (SSSR count). The van der Waals surface area contributed by atoms with E-state index in [1.165, 1.54) is 65.1 Å². The van der Waals surface area contributed by atoms with Gasteiger partial charge in [-0.25, -0.2) is 14.8 Å². The number of ether oxygens (including phenoxy) is 1. The summed E-state index contributed by atoms with van der Waals surface area (Å²) in [6, 6.07) is 3.45. The second kappa shape index (κ2) is 12.2. The molecule has 0 aromatic carbocycles. The third-order valence-electron chi connectivity index (χ3n) is 5.28. The van der Waals surface area contributed by atoms with Crippen molar-refractivity contribution < 1.29 is 29.4 Å². The van der Waals surface area contributed by atoms with Crippen molar-refractivity contribution in [3.05, 3.63) is 40.2 Å². The number of thiazole rings is 1. The summed E-state index contributed by atoms with van der Waals surface area (Å²) in [5.74, 6) is -0.958. The number of aliphatic carboxylic acids is 1. The maximum Gasteiger partial charge on any atom is 0.353 e. The number of nitrogens with zero attached hydrogens (tertiary/aromatic N) is 4. The van der Waals surface area contributed by atoms with E-state index in [9.17, 15) is 24.7 Å². The van der Waals surface area contributed by atoms with Gasteiger partial charge in [-0.2, -0.15) is 11.8 Å². The molecule has 2 aliphatic rings. The molecule has 2 aromatic heterocycles. The molecule has 38 heavy (non-hydrogen) atoms. The average Bonchev–Trinajstić information content (AvgIpc) is 3.29. The summed E-state index contributed by atoms with van der Waals surface area (Å²) in [5, 5.41) is 24.7. The number of hydrogen-bond donors (Lipinski definition) is 5. The number of amides is 2. The highest BCUT2D eigenvalue weighted by Gasteiger charge is 2.54. The van der Waals surface area contributed by atoms with Crippen LogP contribution < -0.4 is 21.5 Å². The van der Waals surface area contributed by atoms with E-state index in [-0.39, 0.29) is 17.2 Å². The van der Waals surface area contributed by atoms with Gasteiger partial charge in [0, 0.05) is 28.7 Å². The van der Waals surface area contributed by atoms with Gasteiger partial charge in [-0.05, 0) is 12.1 Å². The van der Waals surface area contributed by atoms with Crippen LogP contribution in [0.5, 0.6) is 5.19 Å². The molecular formula is C21H23N7O6S4. The second-order valence-corrected chi connectivity index (χ2v) is 12.2. The van der Waals surface area contributed by atoms with Crippen molar-refractivity contribution in [3.63, 3.8) is 0 Å². The number of anilines is 1. The molecule has 1 saturated heterocycles. The molecule has 4 heterocycles. The number of carboxylic acids is 1. The molecule has 2 aromatic rings. The minimum Gasteiger partial charge on any atom is -0.477 e. The fraction of sp³-hybridized carbons (Fsp3) is 0.333. The molecule has 13 nitrogen and oxygen atoms in total. The van der Waals surface area contributed by atoms with Crippen LogP contribution in [0.3, 0.4) is 0 Å². The Kier molecular flexibility index (Phi) is 9.03. The number of rotatable bonds is 11. The van der Waals surface area contributed by atoms with Crippen LogP contribution in [0.15, 0.2) is 38.2 Å². The zero-order chi connectivity index (χ0) is 27.4. The van der Waals surface area contributed by atoms with E-state index in [2.05, 4.69) is 20.4 Å². The Bertz CT molecular complexity index is 1320. The van der Waals surface area contributed by atoms with E-state index in [0.717, 1.165) is 15.7 Å². The van der Waals surface area contributed by atoms with E-state index in [1.807, 2.05) is 0 Å². The van der Waals surface area contributed by atoms with Crippen molar-refractivity contribution in [2.75, 3.05) is 30.9 Å². The Morgan fingerprint density at radius 1 is 1.37 bits per heavy atom. The van der Waals surface area contributed by atoms with Gasteiger partial charge in [0.25, 0.3) is 17.0 Å². The normalized spacial score (nSPS) is 19.2. The summed E-state index contributed by atoms with van der Waals surface area (Å²) in [4.78, 5) is 48.2. The Balaban J connectivity index is 1.53. The average molecular weight is 598 g/mol. The quantitative estimate of drug-likeness (QED) is 0.0806. The number of nitrogen functional groups attached to an aromatic ring is 1. The second-order valence-electron chi connectivity index (χ2n) is 7.70. The molecule has 0 radical (unpaired) electrons. The van der Waals surface area contributed by atoms with Gasteiger partial charge in [0.15, 0.2) is 5.71 Å². The van der Waals surface area contributed by atoms with Gasteiger partial charge in [0.1, 0.15) is 28.6 Å². The monoisotopic (exact) mass is 597 g/mol. The van der Waals surface area contributed by atoms with Crippen LogP contribution in [0.1, 0.15) is 11.4 Å². The fourth-order valence-electron chi connectivity index (χ4n) is 3.61. The summed E-state index contributed by atoms with van der Waals surface area (Å²) < 4.78 is 6.04. The predicted octanol–water partition coefficient (Wildman–Crippen LogP) is 0.988. The van der Waals surface area contributed by atoms with E-state index in [0.29, 0.717) is 28.1 Å². The number of thioether (sulfide) groups is 3. The molecule has 1 fully saturated rings. The van der Waals surface area contributed by atoms with Gasteiger partial charge in [-0.3, -0.25) is 14.5 Å². The lowest BCUT2D eigenvalue weighted by atomic mass is 10.0. The van der Waals surface area contributed by atoms with Gasteiger partial charge in [-0.1, -0.05) is 34.3 Å². The van der Waals surface area contributed by atoms with Crippen LogP contribution in [-0.4, -0.2) is 85.3 Å². The van der Waals surface area contributed by atoms with Crippen LogP contribution in [0.4, 0.5) is 5.82 Å². The molecular weight excluding hydrogens is 575 g/mol. The maximum absolute atomic E-state index is 13.0. The summed E-state index contributed by atoms with van der Waals surface area (Å²) >= 11 is 5.46. The van der Waals surface area contributed by atoms with Crippen LogP contribution in [0, 0.1) is 0 Å². The minimum absolute atomic E-state index is 0.0233. The molecule has 0 bridgehead atoms. The first-order valence-electron chi connectivity index (χ1n) is 10.9. The first-order chi connectivity index (χ1) is 18.3. The zero-order valence-corrected chi connectivity index (χ0v) is 23.1. The SMILES string of the molecule is COc1nc(CSCCN)c(SC2=C(C(=O)O)N3C(=O)C(NC(=O)/C(=N\O)c4cccc(N)n4)C3SC2)s1. The van der Waals surface area contributed by atoms with Gasteiger partial charge in [-0.15, -0.1) is 11.8 Å². The number of methoxy groups -OCH3 is 1. The molecule has 202 valence electrons. The number of carbonyl (C=O) groups excluding carboxylic acids is 2. The molecule has 0 aliphatic carbocycles. The van der Waals surface area contributed by atoms with E-state index in [1.54, 1.807) is 11.8 Å². The minimum atomic E-state index is -1.26. The van der Waals surface area contributed by atoms with E-state index in [4.69, 9.17) is 16.2 Å². The molecule has 2 aliphatic heterocycles. The highest BCUT2D eigenvalue weighted by atomic mass is 32.2. The number of nitrogens with two attached hydrogens (primary N) is 2. The predicted molar refractivity (Wildman–Crippen MR) is 146 cm³/mol. The van der Waals surface area contributed by atoms with Crippen molar-refractivity contribution in [2.24, 2.45) is 10.9 Å². The number of β-lactam (4-membered cyclic amide) rings is 1. The van der Waals surface area contributed by atoms with Crippen LogP contribution >= 0.6 is 46.6 Å². The number of fused-ring (bicyclic) bond motifs is 1. The molecule has 0 spiro atoms. The standard InChI is InChI=1S/C21H23N7O6S4/c1-34-21-25-10(7-35-6-5-22)20(38-21)37-11-8-36-18-14(17(30)28(18)15(11)19(31)32)26-16(29)13(27-33)9-3-2-4-12(23)24-9/h2-4,14,18,33H,5-8,22H2,1H3,(H2,23,24)(H,26,29)(H,31,32)/b27-13-. The lowest BCUT2D eigenvalue weighted by Gasteiger charge is -2.49. The Morgan fingerprint density at radius 2 is 2.16 bits per heavy atom. The molecule has 7 N–H and O–H groups in total. The summed E-state index contributed by atoms with van der Waals surface area (Å²) in [6.07, 6.45) is 0. The number of carbonyl (C=O) groups is 3. The van der Waals surface area contributed by atoms with Crippen molar-refractivity contribution in [3.8, 4) is 5.19 Å². The van der Waals surface area contributed by atoms with Gasteiger partial charge in [0.2, 0.25) is 0 Å². The van der Waals surface area contributed by atoms with Crippen LogP contribution in [-0.2, 0) is 20.1 Å². The molecule has 2 atom stereocenters. The maximum atomic E-state index is 13.0. The summed E-state index contributed by atoms with van der Waals surface area (Å²) in [7, 11) is 1.51. The first-order valence-corrected chi connectivity index (χ1v) is 14.8. The molecule has 2 amide bonds. The van der Waals surface area contributed by atoms with E-state index < -0.39 is 34.9 Å². The number of hydrogen-bond acceptors (Lipinski definition) is 14. The van der Waals surface area contributed by atoms with Crippen molar-refractivity contribution in [1.29, 1.82) is 0 Å². The number of oxime groups is 1. The largest absolute Gasteiger partial charge is 0.477 e. The first kappa shape index (κ1) is 28.0. The Morgan fingerprint density at radius 3 is 2.82 bits per heavy atom. The Labute approximate surface area is 233 Å². The molecule has 2 unspecified atom stereocenters. The number of aromatic nitrogens is 2. The topological polar surface area (TPSA) is 206 Å². The number of nitrogens with one attached hydrogen (secondary N) is 1. The lowest BCUT2D eigenvalue weighted by molar-refractivity contribution is -0.150. The third-order valence-corrected chi connectivity index (χ3v) is 10.1. The smallest absolute Gasteiger partial charge is 0.353 e. The Hall–Kier alpha value is -2.99. The van der Waals surface area contributed by atoms with Gasteiger partial charge < -0.3 is 31.8 Å². The number of carboxylic acid groups (broad SMARTS) is 1. The van der Waals surface area contributed by atoms with Crippen molar-refractivity contribution in [2.45, 2.75) is 21.4 Å².